The monoisotopic (exact) mass is 351 g/mol. The second-order valence-electron chi connectivity index (χ2n) is 7.75. The number of likely N-dealkylation sites (tertiary alicyclic amines) is 1. The molecule has 1 spiro atoms. The van der Waals surface area contributed by atoms with E-state index in [1.165, 1.54) is 0 Å². The molecular formula is C18H26FN3O3. The molecule has 0 aromatic heterocycles. The van der Waals surface area contributed by atoms with E-state index in [0.29, 0.717) is 32.5 Å². The lowest BCUT2D eigenvalue weighted by Crippen LogP contribution is -2.51. The number of carbonyl (C=O) groups excluding carboxylic acids is 2. The third-order valence-electron chi connectivity index (χ3n) is 6.34. The zero-order valence-electron chi connectivity index (χ0n) is 14.7. The van der Waals surface area contributed by atoms with Crippen molar-refractivity contribution in [2.45, 2.75) is 57.3 Å². The van der Waals surface area contributed by atoms with Crippen LogP contribution in [-0.4, -0.2) is 66.3 Å². The maximum atomic E-state index is 14.9. The Morgan fingerprint density at radius 3 is 2.96 bits per heavy atom. The summed E-state index contributed by atoms with van der Waals surface area (Å²) in [6, 6.07) is 0.226. The van der Waals surface area contributed by atoms with Crippen LogP contribution in [0.15, 0.2) is 11.8 Å². The van der Waals surface area contributed by atoms with Gasteiger partial charge in [0.2, 0.25) is 5.91 Å². The molecule has 6 nitrogen and oxygen atoms in total. The lowest BCUT2D eigenvalue weighted by atomic mass is 9.76. The highest BCUT2D eigenvalue weighted by atomic mass is 19.1. The molecular weight excluding hydrogens is 325 g/mol. The summed E-state index contributed by atoms with van der Waals surface area (Å²) in [6.45, 7) is 3.79. The molecule has 3 saturated heterocycles. The average molecular weight is 351 g/mol. The number of ether oxygens (including phenoxy) is 1. The van der Waals surface area contributed by atoms with Gasteiger partial charge in [0.25, 0.3) is 0 Å². The van der Waals surface area contributed by atoms with Gasteiger partial charge in [0.1, 0.15) is 6.17 Å². The van der Waals surface area contributed by atoms with E-state index in [-0.39, 0.29) is 24.1 Å². The molecule has 1 N–H and O–H groups in total. The van der Waals surface area contributed by atoms with Crippen molar-refractivity contribution in [1.29, 1.82) is 0 Å². The normalized spacial score (nSPS) is 37.3. The molecule has 2 bridgehead atoms. The first-order valence-electron chi connectivity index (χ1n) is 9.34. The minimum Gasteiger partial charge on any atom is -0.450 e. The Morgan fingerprint density at radius 1 is 1.48 bits per heavy atom. The fourth-order valence-corrected chi connectivity index (χ4v) is 4.90. The molecule has 4 atom stereocenters. The largest absolute Gasteiger partial charge is 0.450 e. The number of hydrogen-bond donors (Lipinski definition) is 1. The van der Waals surface area contributed by atoms with Gasteiger partial charge in [0.15, 0.2) is 0 Å². The Labute approximate surface area is 147 Å². The number of piperidine rings is 1. The first-order chi connectivity index (χ1) is 12.0. The van der Waals surface area contributed by atoms with Crippen LogP contribution in [0.2, 0.25) is 0 Å². The molecule has 0 radical (unpaired) electrons. The number of halogens is 1. The number of fused-ring (bicyclic) bond motifs is 2. The molecule has 2 amide bonds. The number of carbonyl (C=O) groups is 2. The quantitative estimate of drug-likeness (QED) is 0.824. The smallest absolute Gasteiger partial charge is 0.410 e. The van der Waals surface area contributed by atoms with E-state index in [0.717, 1.165) is 31.5 Å². The summed E-state index contributed by atoms with van der Waals surface area (Å²) < 4.78 is 20.1. The van der Waals surface area contributed by atoms with Crippen LogP contribution in [0.25, 0.3) is 0 Å². The predicted octanol–water partition coefficient (Wildman–Crippen LogP) is 1.81. The van der Waals surface area contributed by atoms with Gasteiger partial charge in [-0.15, -0.1) is 0 Å². The van der Waals surface area contributed by atoms with Gasteiger partial charge in [-0.25, -0.2) is 9.18 Å². The van der Waals surface area contributed by atoms with Crippen LogP contribution < -0.4 is 5.32 Å². The van der Waals surface area contributed by atoms with Crippen LogP contribution in [0.4, 0.5) is 9.18 Å². The summed E-state index contributed by atoms with van der Waals surface area (Å²) in [5.74, 6) is -0.0314. The summed E-state index contributed by atoms with van der Waals surface area (Å²) in [7, 11) is 0. The summed E-state index contributed by atoms with van der Waals surface area (Å²) >= 11 is 0. The van der Waals surface area contributed by atoms with Crippen LogP contribution in [0.5, 0.6) is 0 Å². The molecule has 4 aliphatic heterocycles. The van der Waals surface area contributed by atoms with Gasteiger partial charge in [-0.2, -0.15) is 0 Å². The van der Waals surface area contributed by atoms with Gasteiger partial charge in [-0.3, -0.25) is 9.69 Å². The van der Waals surface area contributed by atoms with E-state index in [1.807, 2.05) is 11.8 Å². The fraction of sp³-hybridized carbons (Fsp3) is 0.778. The van der Waals surface area contributed by atoms with E-state index in [9.17, 15) is 14.0 Å². The third-order valence-corrected chi connectivity index (χ3v) is 6.34. The van der Waals surface area contributed by atoms with Crippen molar-refractivity contribution >= 4 is 12.0 Å². The van der Waals surface area contributed by atoms with Gasteiger partial charge in [-0.05, 0) is 32.3 Å². The second kappa shape index (κ2) is 6.18. The first kappa shape index (κ1) is 16.7. The Morgan fingerprint density at radius 2 is 2.32 bits per heavy atom. The van der Waals surface area contributed by atoms with Crippen LogP contribution in [0, 0.1) is 5.41 Å². The van der Waals surface area contributed by atoms with Crippen LogP contribution in [0.3, 0.4) is 0 Å². The molecule has 4 aliphatic rings. The number of hydrogen-bond acceptors (Lipinski definition) is 4. The van der Waals surface area contributed by atoms with E-state index in [1.54, 1.807) is 0 Å². The molecule has 7 heteroatoms. The van der Waals surface area contributed by atoms with Crippen molar-refractivity contribution in [2.75, 3.05) is 26.2 Å². The van der Waals surface area contributed by atoms with Gasteiger partial charge in [0, 0.05) is 49.6 Å². The van der Waals surface area contributed by atoms with Crippen molar-refractivity contribution in [1.82, 2.24) is 15.1 Å². The standard InChI is InChI=1S/C18H26FN3O3/c1-2-25-17(24)22-12-3-4-13(22)8-14(7-12)21-6-5-18(15(19)10-21)9-16(23)20-11-18/h7,12-13,15H,2-6,8-11H2,1H3,(H,20,23). The maximum absolute atomic E-state index is 14.9. The predicted molar refractivity (Wildman–Crippen MR) is 89.5 cm³/mol. The molecule has 138 valence electrons. The topological polar surface area (TPSA) is 61.9 Å². The fourth-order valence-electron chi connectivity index (χ4n) is 4.90. The van der Waals surface area contributed by atoms with Gasteiger partial charge >= 0.3 is 6.09 Å². The van der Waals surface area contributed by atoms with Crippen LogP contribution >= 0.6 is 0 Å². The number of rotatable bonds is 2. The zero-order chi connectivity index (χ0) is 17.6. The highest BCUT2D eigenvalue weighted by Crippen LogP contribution is 2.43. The molecule has 0 aliphatic carbocycles. The number of nitrogens with one attached hydrogen (secondary N) is 1. The van der Waals surface area contributed by atoms with E-state index < -0.39 is 11.6 Å². The molecule has 4 unspecified atom stereocenters. The van der Waals surface area contributed by atoms with Crippen molar-refractivity contribution in [3.63, 3.8) is 0 Å². The highest BCUT2D eigenvalue weighted by molar-refractivity contribution is 5.79. The van der Waals surface area contributed by atoms with Crippen LogP contribution in [0.1, 0.15) is 39.0 Å². The third kappa shape index (κ3) is 2.77. The summed E-state index contributed by atoms with van der Waals surface area (Å²) in [4.78, 5) is 27.7. The van der Waals surface area contributed by atoms with Crippen molar-refractivity contribution < 1.29 is 18.7 Å². The van der Waals surface area contributed by atoms with Gasteiger partial charge in [-0.1, -0.05) is 0 Å². The van der Waals surface area contributed by atoms with E-state index in [4.69, 9.17) is 4.74 Å². The molecule has 4 heterocycles. The Balaban J connectivity index is 1.45. The lowest BCUT2D eigenvalue weighted by molar-refractivity contribution is -0.120. The SMILES string of the molecule is CCOC(=O)N1C2C=C(N3CCC4(CNC(=O)C4)C(F)C3)CC1CC2. The van der Waals surface area contributed by atoms with Crippen LogP contribution in [-0.2, 0) is 9.53 Å². The highest BCUT2D eigenvalue weighted by Gasteiger charge is 2.49. The molecule has 0 saturated carbocycles. The Kier molecular flexibility index (Phi) is 4.12. The summed E-state index contributed by atoms with van der Waals surface area (Å²) in [5.41, 5.74) is 0.640. The minimum absolute atomic E-state index is 0.0314. The number of nitrogens with zero attached hydrogens (tertiary/aromatic N) is 2. The lowest BCUT2D eigenvalue weighted by Gasteiger charge is -2.45. The van der Waals surface area contributed by atoms with Crippen molar-refractivity contribution in [3.8, 4) is 0 Å². The zero-order valence-corrected chi connectivity index (χ0v) is 14.7. The molecule has 25 heavy (non-hydrogen) atoms. The first-order valence-corrected chi connectivity index (χ1v) is 9.34. The Bertz CT molecular complexity index is 610. The van der Waals surface area contributed by atoms with Gasteiger partial charge in [0.05, 0.1) is 12.6 Å². The molecule has 3 fully saturated rings. The van der Waals surface area contributed by atoms with E-state index >= 15 is 0 Å². The maximum Gasteiger partial charge on any atom is 0.410 e. The summed E-state index contributed by atoms with van der Waals surface area (Å²) in [6.07, 6.45) is 4.59. The van der Waals surface area contributed by atoms with Gasteiger partial charge < -0.3 is 15.0 Å². The molecule has 0 aromatic rings. The molecule has 0 aromatic carbocycles. The second-order valence-corrected chi connectivity index (χ2v) is 7.75. The Hall–Kier alpha value is -1.79. The van der Waals surface area contributed by atoms with Crippen molar-refractivity contribution in [3.05, 3.63) is 11.8 Å². The number of amides is 2. The number of alkyl halides is 1. The molecule has 4 rings (SSSR count). The van der Waals surface area contributed by atoms with Crippen molar-refractivity contribution in [2.24, 2.45) is 5.41 Å². The van der Waals surface area contributed by atoms with E-state index in [2.05, 4.69) is 16.3 Å². The summed E-state index contributed by atoms with van der Waals surface area (Å²) in [5, 5.41) is 2.79. The minimum atomic E-state index is -0.998. The average Bonchev–Trinajstić information content (AvgIpc) is 3.08.